The number of aliphatic hydroxyl groups is 2. The van der Waals surface area contributed by atoms with Crippen LogP contribution >= 0.6 is 98.4 Å². The Hall–Kier alpha value is -2.22. The number of hydrogen-bond donors (Lipinski definition) is 2. The molecular weight excluding hydrogens is 2160 g/mol. The fourth-order valence-electron chi connectivity index (χ4n) is 12.6. The molecule has 4 saturated heterocycles. The van der Waals surface area contributed by atoms with Gasteiger partial charge < -0.3 is 51.7 Å². The van der Waals surface area contributed by atoms with Gasteiger partial charge in [0.2, 0.25) is 0 Å². The Morgan fingerprint density at radius 2 is 0.731 bits per heavy atom. The predicted octanol–water partition coefficient (Wildman–Crippen LogP) is 16.1. The molecule has 0 saturated carbocycles. The van der Waals surface area contributed by atoms with Crippen LogP contribution in [-0.4, -0.2) is 119 Å². The van der Waals surface area contributed by atoms with Crippen molar-refractivity contribution in [3.05, 3.63) is 130 Å². The van der Waals surface area contributed by atoms with E-state index in [9.17, 15) is 67.8 Å². The minimum absolute atomic E-state index is 0. The molecule has 34 heteroatoms. The van der Waals surface area contributed by atoms with Gasteiger partial charge in [0, 0.05) is 92.8 Å². The second kappa shape index (κ2) is 47.7. The van der Waals surface area contributed by atoms with E-state index in [1.54, 1.807) is 6.92 Å². The summed E-state index contributed by atoms with van der Waals surface area (Å²) in [5.41, 5.74) is -2.83. The minimum atomic E-state index is -5.75. The van der Waals surface area contributed by atoms with Gasteiger partial charge in [-0.05, 0) is 114 Å². The third-order valence-corrected chi connectivity index (χ3v) is 21.7. The van der Waals surface area contributed by atoms with Gasteiger partial charge in [0.15, 0.2) is 0 Å². The summed E-state index contributed by atoms with van der Waals surface area (Å²) in [6.45, 7) is 33.3. The van der Waals surface area contributed by atoms with E-state index in [1.807, 2.05) is 64.1 Å². The van der Waals surface area contributed by atoms with Crippen LogP contribution in [0.2, 0.25) is 19.6 Å². The molecule has 612 valence electrons. The molecule has 4 heterocycles. The van der Waals surface area contributed by atoms with Crippen molar-refractivity contribution < 1.29 is 127 Å². The summed E-state index contributed by atoms with van der Waals surface area (Å²) in [4.78, 5) is 34.6. The average molecular weight is 2260 g/mol. The molecule has 0 spiro atoms. The van der Waals surface area contributed by atoms with Gasteiger partial charge in [-0.25, -0.2) is 0 Å². The molecule has 4 aliphatic rings. The van der Waals surface area contributed by atoms with Crippen LogP contribution in [-0.2, 0) is 67.8 Å². The molecule has 0 bridgehead atoms. The standard InChI is InChI=1S/C22H32O3Si.C19H24O3.C18H23F3O6S.C15H19F3O6S.FH.I3.I2.HI/c1-8-20-15(2)16(3)21(24-17(4)23)22(25-20)19-11-9-18(10-12-19)13-14-26(5,6)7;1-6-15-8-10-16(11-9-15)19-18(21-14(5)20)13(4)12(3)17(7-2)22-19;1-5-15-10(2)11(3)16(25-12(4)22)17(26-15)13-6-8-14(9-7-13)27-28(23,24)18(19,20)21;1-3-11-8(2)12(19)13(20)14(23-11)9-4-6-10(7-5-9)24-25(21,22)15(16,17)18;;1-3-2;1-2;/h9-12,15-16,20-22H,8H2,1-7H3;1,8-13,17-19H,7H2,2-5H3;6-11,15-17H,5H2,1-4H3;4-8,11-14,19-20H,3H2,1-2H3;1H;;;1H/q;;;;;-1;;/t15-,16-,20+,21-,22+;12-,13-,17+,18-,19+;10-,11-,15+,16-,17+;8-,11-,12+,13+,14-;;;;/m0001..../s1. The van der Waals surface area contributed by atoms with E-state index in [0.717, 1.165) is 65.8 Å². The molecule has 0 amide bonds. The van der Waals surface area contributed by atoms with E-state index in [-0.39, 0.29) is 119 Å². The number of carbonyl (C=O) groups is 3. The van der Waals surface area contributed by atoms with E-state index >= 15 is 0 Å². The number of halogens is 13. The summed E-state index contributed by atoms with van der Waals surface area (Å²) in [5.74, 6) is 4.90. The molecule has 0 unspecified atom stereocenters. The third-order valence-electron chi connectivity index (χ3n) is 18.9. The third kappa shape index (κ3) is 30.4. The number of hydrogen-bond acceptors (Lipinski definition) is 18. The quantitative estimate of drug-likeness (QED) is 0.0164. The van der Waals surface area contributed by atoms with Crippen LogP contribution in [0.25, 0.3) is 0 Å². The van der Waals surface area contributed by atoms with Gasteiger partial charge in [-0.1, -0.05) is 156 Å². The maximum atomic E-state index is 12.4. The van der Waals surface area contributed by atoms with Crippen molar-refractivity contribution in [3.8, 4) is 35.3 Å². The number of alkyl halides is 6. The SMILES string of the molecule is C#Cc1ccc([C@H]2O[C@H](CC)[C@@H](C)[C@H](C)[C@@H]2OC(C)=O)cc1.CC[C@H]1O[C@H](c2ccc(C#C[Si](C)(C)C)cc2)[C@@H](OC(C)=O)[C@@H](C)[C@@H]1C.CC[C@H]1O[C@H](c2ccc(OS(=O)(=O)C(F)(F)F)cc2)[C@@H](O)[C@@H](O)[C@@H]1C.CC[C@H]1O[C@H](c2ccc(OS(=O)(=O)C(F)(F)F)cc2)[C@@H](OC(C)=O)[C@@H](C)[C@@H]1C.F.I.II.I[I-]I. The van der Waals surface area contributed by atoms with Crippen LogP contribution < -0.4 is 21.6 Å². The van der Waals surface area contributed by atoms with Crippen molar-refractivity contribution >= 4 is 145 Å². The van der Waals surface area contributed by atoms with Crippen LogP contribution in [0.1, 0.15) is 180 Å². The normalized spacial score (nSPS) is 28.1. The number of esters is 3. The number of terminal acetylenes is 1. The zero-order valence-electron chi connectivity index (χ0n) is 62.9. The molecule has 18 nitrogen and oxygen atoms in total. The molecule has 4 fully saturated rings. The summed E-state index contributed by atoms with van der Waals surface area (Å²) in [7, 11) is -12.9. The van der Waals surface area contributed by atoms with E-state index in [4.69, 9.17) is 39.6 Å². The van der Waals surface area contributed by atoms with Gasteiger partial charge in [0.25, 0.3) is 0 Å². The van der Waals surface area contributed by atoms with E-state index in [2.05, 4.69) is 174 Å². The van der Waals surface area contributed by atoms with Crippen LogP contribution in [0, 0.1) is 65.2 Å². The van der Waals surface area contributed by atoms with Crippen molar-refractivity contribution in [2.75, 3.05) is 0 Å². The van der Waals surface area contributed by atoms with Crippen LogP contribution in [0.3, 0.4) is 0 Å². The van der Waals surface area contributed by atoms with E-state index in [0.29, 0.717) is 42.6 Å². The molecule has 20 atom stereocenters. The molecule has 108 heavy (non-hydrogen) atoms. The molecule has 0 radical (unpaired) electrons. The first kappa shape index (κ1) is 104. The Morgan fingerprint density at radius 1 is 0.481 bits per heavy atom. The van der Waals surface area contributed by atoms with Crippen LogP contribution in [0.4, 0.5) is 31.0 Å². The van der Waals surface area contributed by atoms with Gasteiger partial charge in [-0.2, -0.15) is 43.2 Å². The summed E-state index contributed by atoms with van der Waals surface area (Å²) in [6.07, 6.45) is 3.25. The van der Waals surface area contributed by atoms with Crippen molar-refractivity contribution in [1.29, 1.82) is 0 Å². The first-order valence-electron chi connectivity index (χ1n) is 34.3. The molecule has 2 N–H and O–H groups in total. The second-order valence-corrected chi connectivity index (χ2v) is 51.3. The number of ether oxygens (including phenoxy) is 7. The van der Waals surface area contributed by atoms with Gasteiger partial charge >= 0.3 is 99.6 Å². The Kier molecular flexibility index (Phi) is 45.9. The molecular formula is C74H100F7I6O18S2Si-. The first-order valence-corrected chi connectivity index (χ1v) is 59.5. The number of carbonyl (C=O) groups excluding carboxylic acids is 3. The van der Waals surface area contributed by atoms with Crippen molar-refractivity contribution in [1.82, 2.24) is 0 Å². The van der Waals surface area contributed by atoms with Gasteiger partial charge in [-0.3, -0.25) is 19.1 Å². The van der Waals surface area contributed by atoms with Crippen molar-refractivity contribution in [2.24, 2.45) is 41.4 Å². The second-order valence-electron chi connectivity index (χ2n) is 27.3. The maximum absolute atomic E-state index is 12.4. The number of aliphatic hydroxyl groups excluding tert-OH is 2. The van der Waals surface area contributed by atoms with Gasteiger partial charge in [0.1, 0.15) is 68.4 Å². The molecule has 4 aliphatic heterocycles. The fourth-order valence-corrected chi connectivity index (χ4v) is 14.0. The average Bonchev–Trinajstić information content (AvgIpc) is 0.800. The molecule has 0 aliphatic carbocycles. The van der Waals surface area contributed by atoms with Crippen molar-refractivity contribution in [3.63, 3.8) is 0 Å². The molecule has 4 aromatic carbocycles. The Balaban J connectivity index is 0.000000703. The Morgan fingerprint density at radius 3 is 0.981 bits per heavy atom. The molecule has 0 aromatic heterocycles. The summed E-state index contributed by atoms with van der Waals surface area (Å²) in [6, 6.07) is 25.6. The van der Waals surface area contributed by atoms with E-state index in [1.165, 1.54) is 45.0 Å². The van der Waals surface area contributed by atoms with Crippen LogP contribution in [0.5, 0.6) is 11.5 Å². The van der Waals surface area contributed by atoms with Crippen molar-refractivity contribution in [2.45, 2.75) is 233 Å². The Labute approximate surface area is 703 Å². The zero-order valence-corrected chi connectivity index (χ0v) is 78.7. The summed E-state index contributed by atoms with van der Waals surface area (Å²) in [5, 5.41) is 20.3. The first-order chi connectivity index (χ1) is 49.4. The van der Waals surface area contributed by atoms with E-state index < -0.39 is 87.3 Å². The monoisotopic (exact) mass is 2260 g/mol. The summed E-state index contributed by atoms with van der Waals surface area (Å²) < 4.78 is 168. The number of benzene rings is 4. The molecule has 8 rings (SSSR count). The zero-order chi connectivity index (χ0) is 80.7. The van der Waals surface area contributed by atoms with Crippen LogP contribution in [0.15, 0.2) is 97.1 Å². The predicted molar refractivity (Wildman–Crippen MR) is 444 cm³/mol. The van der Waals surface area contributed by atoms with Gasteiger partial charge in [0.05, 0.1) is 30.5 Å². The topological polar surface area (TPSA) is 243 Å². The fraction of sp³-hybridized carbons (Fsp3) is 0.581. The summed E-state index contributed by atoms with van der Waals surface area (Å²) >= 11 is 9.54. The number of rotatable bonds is 15. The van der Waals surface area contributed by atoms with Gasteiger partial charge in [-0.15, -0.1) is 35.9 Å². The molecule has 4 aromatic rings. The Bertz CT molecular complexity index is 3740.